The molecule has 0 aliphatic rings. The van der Waals surface area contributed by atoms with Crippen molar-refractivity contribution in [2.24, 2.45) is 0 Å². The third-order valence-corrected chi connectivity index (χ3v) is 2.32. The molecule has 0 aliphatic carbocycles. The minimum atomic E-state index is -2.88. The molecule has 1 unspecified atom stereocenters. The molecule has 0 bridgehead atoms. The fourth-order valence-electron chi connectivity index (χ4n) is 1.17. The van der Waals surface area contributed by atoms with Crippen molar-refractivity contribution in [3.63, 3.8) is 0 Å². The largest absolute Gasteiger partial charge is 0.465 e. The molecule has 3 nitrogen and oxygen atoms in total. The lowest BCUT2D eigenvalue weighted by Crippen LogP contribution is -2.11. The highest BCUT2D eigenvalue weighted by Crippen LogP contribution is 2.24. The smallest absolute Gasteiger partial charge is 0.387 e. The van der Waals surface area contributed by atoms with Crippen LogP contribution in [0.15, 0.2) is 24.3 Å². The van der Waals surface area contributed by atoms with Crippen LogP contribution in [0.3, 0.4) is 0 Å². The molecule has 0 heterocycles. The number of alkyl halides is 3. The minimum Gasteiger partial charge on any atom is -0.465 e. The molecule has 1 aromatic rings. The lowest BCUT2D eigenvalue weighted by atomic mass is 10.1. The van der Waals surface area contributed by atoms with E-state index < -0.39 is 18.0 Å². The summed E-state index contributed by atoms with van der Waals surface area (Å²) in [5, 5.41) is -0.949. The van der Waals surface area contributed by atoms with E-state index >= 15 is 0 Å². The van der Waals surface area contributed by atoms with Gasteiger partial charge in [0.25, 0.3) is 0 Å². The van der Waals surface area contributed by atoms with Gasteiger partial charge in [0.15, 0.2) is 5.38 Å². The number of rotatable bonds is 5. The first kappa shape index (κ1) is 13.7. The third-order valence-electron chi connectivity index (χ3n) is 1.89. The zero-order valence-corrected chi connectivity index (χ0v) is 9.79. The molecule has 1 atom stereocenters. The molecule has 0 aromatic heterocycles. The van der Waals surface area contributed by atoms with Crippen molar-refractivity contribution in [3.05, 3.63) is 29.8 Å². The van der Waals surface area contributed by atoms with E-state index in [0.717, 1.165) is 0 Å². The van der Waals surface area contributed by atoms with E-state index in [1.54, 1.807) is 6.92 Å². The van der Waals surface area contributed by atoms with Crippen LogP contribution < -0.4 is 4.74 Å². The SMILES string of the molecule is CCOC(=O)C(Cl)c1ccc(OC(F)F)cc1. The van der Waals surface area contributed by atoms with Crippen LogP contribution in [0.25, 0.3) is 0 Å². The van der Waals surface area contributed by atoms with Crippen LogP contribution in [0.2, 0.25) is 0 Å². The normalized spacial score (nSPS) is 12.3. The van der Waals surface area contributed by atoms with Gasteiger partial charge in [-0.15, -0.1) is 11.6 Å². The molecule has 1 aromatic carbocycles. The Morgan fingerprint density at radius 1 is 1.35 bits per heavy atom. The van der Waals surface area contributed by atoms with E-state index in [9.17, 15) is 13.6 Å². The number of hydrogen-bond acceptors (Lipinski definition) is 3. The molecule has 17 heavy (non-hydrogen) atoms. The van der Waals surface area contributed by atoms with Gasteiger partial charge < -0.3 is 9.47 Å². The van der Waals surface area contributed by atoms with E-state index in [2.05, 4.69) is 4.74 Å². The standard InChI is InChI=1S/C11H11ClF2O3/c1-2-16-10(15)9(12)7-3-5-8(6-4-7)17-11(13)14/h3-6,9,11H,2H2,1H3. The maximum atomic E-state index is 11.9. The Bertz CT molecular complexity index is 367. The van der Waals surface area contributed by atoms with Gasteiger partial charge in [-0.25, -0.2) is 0 Å². The second-order valence-corrected chi connectivity index (χ2v) is 3.50. The number of hydrogen-bond donors (Lipinski definition) is 0. The van der Waals surface area contributed by atoms with Crippen LogP contribution >= 0.6 is 11.6 Å². The average Bonchev–Trinajstić information content (AvgIpc) is 2.28. The summed E-state index contributed by atoms with van der Waals surface area (Å²) in [6.07, 6.45) is 0. The molecule has 0 saturated heterocycles. The Kier molecular flexibility index (Phi) is 5.15. The molecule has 0 radical (unpaired) electrons. The van der Waals surface area contributed by atoms with Crippen molar-refractivity contribution >= 4 is 17.6 Å². The molecule has 1 rings (SSSR count). The van der Waals surface area contributed by atoms with Gasteiger partial charge in [0.2, 0.25) is 0 Å². The van der Waals surface area contributed by atoms with Gasteiger partial charge >= 0.3 is 12.6 Å². The minimum absolute atomic E-state index is 0.0106. The Balaban J connectivity index is 2.70. The van der Waals surface area contributed by atoms with Gasteiger partial charge in [0.05, 0.1) is 6.61 Å². The third kappa shape index (κ3) is 4.19. The summed E-state index contributed by atoms with van der Waals surface area (Å²) in [4.78, 5) is 11.3. The van der Waals surface area contributed by atoms with Crippen molar-refractivity contribution in [1.82, 2.24) is 0 Å². The molecule has 0 spiro atoms. The molecule has 0 saturated carbocycles. The molecule has 0 fully saturated rings. The van der Waals surface area contributed by atoms with Gasteiger partial charge in [-0.2, -0.15) is 8.78 Å². The molecular formula is C11H11ClF2O3. The van der Waals surface area contributed by atoms with Gasteiger partial charge in [0.1, 0.15) is 5.75 Å². The zero-order chi connectivity index (χ0) is 12.8. The summed E-state index contributed by atoms with van der Waals surface area (Å²) < 4.78 is 32.7. The molecule has 0 aliphatic heterocycles. The average molecular weight is 265 g/mol. The van der Waals surface area contributed by atoms with E-state index in [1.165, 1.54) is 24.3 Å². The summed E-state index contributed by atoms with van der Waals surface area (Å²) in [6.45, 7) is -0.979. The Labute approximate surface area is 102 Å². The number of carbonyl (C=O) groups excluding carboxylic acids is 1. The van der Waals surface area contributed by atoms with Crippen LogP contribution in [0.5, 0.6) is 5.75 Å². The second kappa shape index (κ2) is 6.39. The van der Waals surface area contributed by atoms with Crippen molar-refractivity contribution in [3.8, 4) is 5.75 Å². The Morgan fingerprint density at radius 3 is 2.41 bits per heavy atom. The number of carbonyl (C=O) groups is 1. The topological polar surface area (TPSA) is 35.5 Å². The molecule has 0 N–H and O–H groups in total. The maximum Gasteiger partial charge on any atom is 0.387 e. The Hall–Kier alpha value is -1.36. The fraction of sp³-hybridized carbons (Fsp3) is 0.364. The van der Waals surface area contributed by atoms with E-state index in [1.807, 2.05) is 0 Å². The van der Waals surface area contributed by atoms with Crippen molar-refractivity contribution in [1.29, 1.82) is 0 Å². The first-order valence-corrected chi connectivity index (χ1v) is 5.33. The molecular weight excluding hydrogens is 254 g/mol. The molecule has 94 valence electrons. The first-order chi connectivity index (χ1) is 8.04. The van der Waals surface area contributed by atoms with Crippen molar-refractivity contribution in [2.75, 3.05) is 6.61 Å². The van der Waals surface area contributed by atoms with Gasteiger partial charge in [-0.05, 0) is 24.6 Å². The van der Waals surface area contributed by atoms with Crippen molar-refractivity contribution in [2.45, 2.75) is 18.9 Å². The van der Waals surface area contributed by atoms with Crippen LogP contribution in [0.4, 0.5) is 8.78 Å². The molecule has 0 amide bonds. The maximum absolute atomic E-state index is 11.9. The quantitative estimate of drug-likeness (QED) is 0.605. The summed E-state index contributed by atoms with van der Waals surface area (Å²) >= 11 is 5.83. The van der Waals surface area contributed by atoms with Gasteiger partial charge in [-0.3, -0.25) is 4.79 Å². The van der Waals surface area contributed by atoms with E-state index in [0.29, 0.717) is 5.56 Å². The second-order valence-electron chi connectivity index (χ2n) is 3.06. The number of halogens is 3. The highest BCUT2D eigenvalue weighted by atomic mass is 35.5. The fourth-order valence-corrected chi connectivity index (χ4v) is 1.38. The summed E-state index contributed by atoms with van der Waals surface area (Å²) in [7, 11) is 0. The van der Waals surface area contributed by atoms with E-state index in [4.69, 9.17) is 16.3 Å². The number of esters is 1. The Morgan fingerprint density at radius 2 is 1.94 bits per heavy atom. The van der Waals surface area contributed by atoms with Crippen LogP contribution in [0.1, 0.15) is 17.9 Å². The highest BCUT2D eigenvalue weighted by Gasteiger charge is 2.18. The predicted molar refractivity (Wildman–Crippen MR) is 58.3 cm³/mol. The molecule has 6 heteroatoms. The summed E-state index contributed by atoms with van der Waals surface area (Å²) in [5.41, 5.74) is 0.465. The predicted octanol–water partition coefficient (Wildman–Crippen LogP) is 3.13. The highest BCUT2D eigenvalue weighted by molar-refractivity contribution is 6.29. The van der Waals surface area contributed by atoms with E-state index in [-0.39, 0.29) is 12.4 Å². The summed E-state index contributed by atoms with van der Waals surface area (Å²) in [6, 6.07) is 5.50. The van der Waals surface area contributed by atoms with Crippen LogP contribution in [-0.2, 0) is 9.53 Å². The zero-order valence-electron chi connectivity index (χ0n) is 9.03. The summed E-state index contributed by atoms with van der Waals surface area (Å²) in [5.74, 6) is -0.562. The van der Waals surface area contributed by atoms with Gasteiger partial charge in [0, 0.05) is 0 Å². The van der Waals surface area contributed by atoms with Crippen LogP contribution in [-0.4, -0.2) is 19.2 Å². The lowest BCUT2D eigenvalue weighted by Gasteiger charge is -2.10. The van der Waals surface area contributed by atoms with Crippen molar-refractivity contribution < 1.29 is 23.0 Å². The first-order valence-electron chi connectivity index (χ1n) is 4.90. The number of benzene rings is 1. The van der Waals surface area contributed by atoms with Gasteiger partial charge in [-0.1, -0.05) is 12.1 Å². The lowest BCUT2D eigenvalue weighted by molar-refractivity contribution is -0.142. The monoisotopic (exact) mass is 264 g/mol. The number of ether oxygens (including phenoxy) is 2. The van der Waals surface area contributed by atoms with Crippen LogP contribution in [0, 0.1) is 0 Å².